The zero-order valence-corrected chi connectivity index (χ0v) is 30.9. The van der Waals surface area contributed by atoms with Gasteiger partial charge in [0.1, 0.15) is 0 Å². The Labute approximate surface area is 334 Å². The van der Waals surface area contributed by atoms with Crippen LogP contribution in [0, 0.1) is 41.7 Å². The van der Waals surface area contributed by atoms with Crippen LogP contribution in [-0.4, -0.2) is 48.5 Å². The van der Waals surface area contributed by atoms with Gasteiger partial charge in [0.2, 0.25) is 16.8 Å². The molecule has 0 atom stereocenters. The molecule has 0 heterocycles. The van der Waals surface area contributed by atoms with Crippen LogP contribution in [0.5, 0.6) is 0 Å². The first-order valence-corrected chi connectivity index (χ1v) is 15.7. The fraction of sp³-hybridized carbons (Fsp3) is 0.0714. The van der Waals surface area contributed by atoms with Gasteiger partial charge in [0.25, 0.3) is 0 Å². The largest absolute Gasteiger partial charge is 0.479 e. The summed E-state index contributed by atoms with van der Waals surface area (Å²) in [6, 6.07) is 50.2. The van der Waals surface area contributed by atoms with Crippen LogP contribution in [0.15, 0.2) is 182 Å². The molecule has 0 aliphatic rings. The number of aliphatic carboxylic acids is 3. The normalized spacial score (nSPS) is 10.9. The molecule has 0 aliphatic carbocycles. The van der Waals surface area contributed by atoms with Crippen LogP contribution in [0.3, 0.4) is 0 Å². The minimum atomic E-state index is -2.00. The van der Waals surface area contributed by atoms with Gasteiger partial charge in [0, 0.05) is 41.7 Å². The molecular formula is C42H36CeO9. The SMILES string of the molecule is O=C(O)C(O)(c1ccccc1)c1ccccc1.O=C(O)C(O)(c1ccccc1)c1ccccc1.O=C(O)C(O)(c1ccccc1)c1ccccc1.[Ce]. The van der Waals surface area contributed by atoms with Gasteiger partial charge in [0.15, 0.2) is 0 Å². The number of hydrogen-bond donors (Lipinski definition) is 6. The van der Waals surface area contributed by atoms with Gasteiger partial charge in [-0.2, -0.15) is 0 Å². The summed E-state index contributed by atoms with van der Waals surface area (Å²) in [5.41, 5.74) is -3.92. The van der Waals surface area contributed by atoms with Gasteiger partial charge in [-0.1, -0.05) is 182 Å². The Kier molecular flexibility index (Phi) is 15.1. The molecule has 0 saturated carbocycles. The first kappa shape index (κ1) is 41.4. The van der Waals surface area contributed by atoms with Gasteiger partial charge >= 0.3 is 17.9 Å². The zero-order valence-electron chi connectivity index (χ0n) is 27.7. The zero-order chi connectivity index (χ0) is 36.9. The summed E-state index contributed by atoms with van der Waals surface area (Å²) in [6.07, 6.45) is 0. The molecule has 0 amide bonds. The number of aliphatic hydroxyl groups is 3. The van der Waals surface area contributed by atoms with Crippen LogP contribution in [-0.2, 0) is 31.2 Å². The molecule has 0 fully saturated rings. The van der Waals surface area contributed by atoms with Crippen molar-refractivity contribution in [3.05, 3.63) is 215 Å². The third-order valence-electron chi connectivity index (χ3n) is 8.08. The van der Waals surface area contributed by atoms with Crippen molar-refractivity contribution in [2.45, 2.75) is 16.8 Å². The molecule has 9 nitrogen and oxygen atoms in total. The molecule has 6 aromatic carbocycles. The molecule has 0 unspecified atom stereocenters. The average molecular weight is 825 g/mol. The number of carbonyl (C=O) groups is 3. The molecule has 0 radical (unpaired) electrons. The van der Waals surface area contributed by atoms with Crippen LogP contribution in [0.4, 0.5) is 0 Å². The van der Waals surface area contributed by atoms with Gasteiger partial charge in [-0.15, -0.1) is 0 Å². The Bertz CT molecular complexity index is 1640. The third-order valence-corrected chi connectivity index (χ3v) is 8.08. The molecule has 262 valence electrons. The molecule has 0 saturated heterocycles. The van der Waals surface area contributed by atoms with Crippen LogP contribution in [0.25, 0.3) is 0 Å². The van der Waals surface area contributed by atoms with E-state index in [4.69, 9.17) is 0 Å². The summed E-state index contributed by atoms with van der Waals surface area (Å²) in [5.74, 6) is -3.85. The van der Waals surface area contributed by atoms with E-state index in [1.807, 2.05) is 0 Å². The topological polar surface area (TPSA) is 173 Å². The van der Waals surface area contributed by atoms with Crippen molar-refractivity contribution in [1.29, 1.82) is 0 Å². The van der Waals surface area contributed by atoms with Crippen LogP contribution >= 0.6 is 0 Å². The first-order chi connectivity index (χ1) is 24.5. The Balaban J connectivity index is 0.000000208. The second-order valence-electron chi connectivity index (χ2n) is 11.2. The summed E-state index contributed by atoms with van der Waals surface area (Å²) in [4.78, 5) is 34.1. The van der Waals surface area contributed by atoms with E-state index in [1.165, 1.54) is 0 Å². The molecule has 10 heteroatoms. The van der Waals surface area contributed by atoms with E-state index < -0.39 is 34.7 Å². The summed E-state index contributed by atoms with van der Waals surface area (Å²) in [7, 11) is 0. The van der Waals surface area contributed by atoms with Crippen molar-refractivity contribution < 1.29 is 86.8 Å². The number of carboxylic acid groups (broad SMARTS) is 3. The van der Waals surface area contributed by atoms with E-state index in [9.17, 15) is 45.0 Å². The Hall–Kier alpha value is -5.01. The summed E-state index contributed by atoms with van der Waals surface area (Å²) in [6.45, 7) is 0. The third kappa shape index (κ3) is 9.25. The fourth-order valence-electron chi connectivity index (χ4n) is 5.32. The number of carboxylic acids is 3. The minimum absolute atomic E-state index is 0. The van der Waals surface area contributed by atoms with Crippen molar-refractivity contribution in [2.75, 3.05) is 0 Å². The van der Waals surface area contributed by atoms with Crippen molar-refractivity contribution in [1.82, 2.24) is 0 Å². The molecule has 0 spiro atoms. The maximum atomic E-state index is 11.4. The average Bonchev–Trinajstić information content (AvgIpc) is 3.19. The van der Waals surface area contributed by atoms with Crippen molar-refractivity contribution in [3.63, 3.8) is 0 Å². The Morgan fingerprint density at radius 1 is 0.288 bits per heavy atom. The molecule has 6 aromatic rings. The number of benzene rings is 6. The van der Waals surface area contributed by atoms with E-state index in [1.54, 1.807) is 182 Å². The van der Waals surface area contributed by atoms with Crippen molar-refractivity contribution >= 4 is 17.9 Å². The predicted molar refractivity (Wildman–Crippen MR) is 191 cm³/mol. The maximum absolute atomic E-state index is 11.4. The Morgan fingerprint density at radius 3 is 0.500 bits per heavy atom. The molecule has 0 aromatic heterocycles. The predicted octanol–water partition coefficient (Wildman–Crippen LogP) is 6.02. The van der Waals surface area contributed by atoms with E-state index in [2.05, 4.69) is 0 Å². The second-order valence-corrected chi connectivity index (χ2v) is 11.2. The molecule has 0 bridgehead atoms. The summed E-state index contributed by atoms with van der Waals surface area (Å²) in [5, 5.41) is 59.2. The van der Waals surface area contributed by atoms with Crippen LogP contribution in [0.2, 0.25) is 0 Å². The fourth-order valence-corrected chi connectivity index (χ4v) is 5.32. The second kappa shape index (κ2) is 19.0. The molecule has 52 heavy (non-hydrogen) atoms. The first-order valence-electron chi connectivity index (χ1n) is 15.7. The van der Waals surface area contributed by atoms with Gasteiger partial charge in [-0.05, 0) is 33.4 Å². The Morgan fingerprint density at radius 2 is 0.404 bits per heavy atom. The van der Waals surface area contributed by atoms with Gasteiger partial charge in [-0.25, -0.2) is 14.4 Å². The van der Waals surface area contributed by atoms with E-state index >= 15 is 0 Å². The van der Waals surface area contributed by atoms with E-state index in [-0.39, 0.29) is 41.7 Å². The van der Waals surface area contributed by atoms with Gasteiger partial charge in [-0.3, -0.25) is 0 Å². The smallest absolute Gasteiger partial charge is 0.345 e. The molecule has 6 N–H and O–H groups in total. The van der Waals surface area contributed by atoms with Crippen LogP contribution in [0.1, 0.15) is 33.4 Å². The van der Waals surface area contributed by atoms with Gasteiger partial charge in [0.05, 0.1) is 0 Å². The van der Waals surface area contributed by atoms with Gasteiger partial charge < -0.3 is 30.6 Å². The number of hydrogen-bond acceptors (Lipinski definition) is 6. The van der Waals surface area contributed by atoms with Crippen LogP contribution < -0.4 is 0 Å². The molecule has 0 aliphatic heterocycles. The standard InChI is InChI=1S/3C14H12O3.Ce/c3*15-13(16)14(17,11-7-3-1-4-8-11)12-9-5-2-6-10-12;/h3*1-10,17H,(H,15,16);. The van der Waals surface area contributed by atoms with Crippen molar-refractivity contribution in [2.24, 2.45) is 0 Å². The van der Waals surface area contributed by atoms with E-state index in [0.717, 1.165) is 0 Å². The summed E-state index contributed by atoms with van der Waals surface area (Å²) < 4.78 is 0. The minimum Gasteiger partial charge on any atom is -0.479 e. The summed E-state index contributed by atoms with van der Waals surface area (Å²) >= 11 is 0. The quantitative estimate of drug-likeness (QED) is 0.102. The van der Waals surface area contributed by atoms with E-state index in [0.29, 0.717) is 33.4 Å². The molecular weight excluding hydrogens is 789 g/mol. The maximum Gasteiger partial charge on any atom is 0.345 e. The van der Waals surface area contributed by atoms with Crippen molar-refractivity contribution in [3.8, 4) is 0 Å². The number of rotatable bonds is 9. The monoisotopic (exact) mass is 824 g/mol. The molecule has 6 rings (SSSR count).